The van der Waals surface area contributed by atoms with Gasteiger partial charge in [0.05, 0.1) is 11.5 Å². The summed E-state index contributed by atoms with van der Waals surface area (Å²) in [6, 6.07) is 8.51. The number of benzene rings is 1. The fourth-order valence-corrected chi connectivity index (χ4v) is 4.73. The molecule has 0 radical (unpaired) electrons. The van der Waals surface area contributed by atoms with Crippen LogP contribution in [0, 0.1) is 0 Å². The minimum atomic E-state index is -2.82. The zero-order valence-corrected chi connectivity index (χ0v) is 11.0. The molecule has 3 unspecified atom stereocenters. The van der Waals surface area contributed by atoms with E-state index in [0.717, 1.165) is 12.8 Å². The Hall–Kier alpha value is -0.910. The molecule has 98 valence electrons. The van der Waals surface area contributed by atoms with Crippen molar-refractivity contribution in [3.8, 4) is 0 Å². The third kappa shape index (κ3) is 2.18. The molecule has 1 saturated heterocycles. The summed E-state index contributed by atoms with van der Waals surface area (Å²) in [6.45, 7) is 0. The summed E-state index contributed by atoms with van der Waals surface area (Å²) >= 11 is 0. The molecule has 3 N–H and O–H groups in total. The predicted molar refractivity (Wildman–Crippen MR) is 70.9 cm³/mol. The van der Waals surface area contributed by atoms with Crippen LogP contribution in [-0.2, 0) is 9.84 Å². The van der Waals surface area contributed by atoms with Crippen molar-refractivity contribution in [2.24, 2.45) is 5.73 Å². The van der Waals surface area contributed by atoms with Gasteiger partial charge in [-0.1, -0.05) is 24.3 Å². The van der Waals surface area contributed by atoms with Crippen LogP contribution in [0.25, 0.3) is 0 Å². The van der Waals surface area contributed by atoms with Gasteiger partial charge in [0.25, 0.3) is 0 Å². The summed E-state index contributed by atoms with van der Waals surface area (Å²) in [5, 5.41) is 3.46. The minimum Gasteiger partial charge on any atom is -0.324 e. The number of rotatable bonds is 2. The third-order valence-electron chi connectivity index (χ3n) is 3.93. The second-order valence-electron chi connectivity index (χ2n) is 5.29. The van der Waals surface area contributed by atoms with Crippen molar-refractivity contribution in [3.05, 3.63) is 35.4 Å². The van der Waals surface area contributed by atoms with E-state index < -0.39 is 9.84 Å². The molecule has 18 heavy (non-hydrogen) atoms. The molecule has 4 nitrogen and oxygen atoms in total. The molecule has 5 heteroatoms. The maximum Gasteiger partial charge on any atom is 0.151 e. The van der Waals surface area contributed by atoms with Crippen LogP contribution < -0.4 is 11.1 Å². The van der Waals surface area contributed by atoms with Crippen molar-refractivity contribution >= 4 is 9.84 Å². The molecule has 0 aromatic heterocycles. The molecule has 0 amide bonds. The Morgan fingerprint density at radius 2 is 1.94 bits per heavy atom. The molecule has 0 bridgehead atoms. The molecule has 1 heterocycles. The highest BCUT2D eigenvalue weighted by Crippen LogP contribution is 2.37. The van der Waals surface area contributed by atoms with Gasteiger partial charge in [-0.25, -0.2) is 8.42 Å². The second kappa shape index (κ2) is 4.33. The number of fused-ring (bicyclic) bond motifs is 1. The van der Waals surface area contributed by atoms with Crippen molar-refractivity contribution in [1.82, 2.24) is 5.32 Å². The average molecular weight is 266 g/mol. The Morgan fingerprint density at radius 1 is 1.22 bits per heavy atom. The van der Waals surface area contributed by atoms with Crippen molar-refractivity contribution in [3.63, 3.8) is 0 Å². The molecule has 1 aromatic rings. The second-order valence-corrected chi connectivity index (χ2v) is 7.52. The lowest BCUT2D eigenvalue weighted by molar-refractivity contribution is 0.440. The van der Waals surface area contributed by atoms with E-state index >= 15 is 0 Å². The number of hydrogen-bond acceptors (Lipinski definition) is 4. The van der Waals surface area contributed by atoms with Gasteiger partial charge in [-0.05, 0) is 24.0 Å². The first-order chi connectivity index (χ1) is 8.55. The maximum atomic E-state index is 11.5. The molecule has 3 rings (SSSR count). The van der Waals surface area contributed by atoms with Gasteiger partial charge < -0.3 is 11.1 Å². The smallest absolute Gasteiger partial charge is 0.151 e. The Bertz CT molecular complexity index is 556. The van der Waals surface area contributed by atoms with E-state index in [9.17, 15) is 8.42 Å². The maximum absolute atomic E-state index is 11.5. The fourth-order valence-electron chi connectivity index (χ4n) is 3.04. The van der Waals surface area contributed by atoms with Gasteiger partial charge in [-0.2, -0.15) is 0 Å². The molecular weight excluding hydrogens is 248 g/mol. The Labute approximate surface area is 107 Å². The van der Waals surface area contributed by atoms with Crippen LogP contribution in [0.5, 0.6) is 0 Å². The molecule has 1 aromatic carbocycles. The van der Waals surface area contributed by atoms with Crippen molar-refractivity contribution < 1.29 is 8.42 Å². The van der Waals surface area contributed by atoms with Crippen LogP contribution in [0.15, 0.2) is 24.3 Å². The van der Waals surface area contributed by atoms with Crippen LogP contribution in [0.1, 0.15) is 36.1 Å². The molecule has 0 spiro atoms. The topological polar surface area (TPSA) is 72.2 Å². The molecule has 1 aliphatic carbocycles. The zero-order valence-electron chi connectivity index (χ0n) is 10.2. The Balaban J connectivity index is 1.76. The summed E-state index contributed by atoms with van der Waals surface area (Å²) in [7, 11) is -2.82. The van der Waals surface area contributed by atoms with Crippen LogP contribution in [0.4, 0.5) is 0 Å². The van der Waals surface area contributed by atoms with E-state index in [1.54, 1.807) is 0 Å². The van der Waals surface area contributed by atoms with E-state index in [2.05, 4.69) is 17.4 Å². The largest absolute Gasteiger partial charge is 0.324 e. The standard InChI is InChI=1S/C13H18N2O2S/c14-12-7-13(11-4-2-1-3-10(11)12)15-9-5-6-18(16,17)8-9/h1-4,9,12-13,15H,5-8,14H2. The van der Waals surface area contributed by atoms with E-state index in [4.69, 9.17) is 5.73 Å². The van der Waals surface area contributed by atoms with E-state index in [0.29, 0.717) is 5.75 Å². The van der Waals surface area contributed by atoms with Crippen molar-refractivity contribution in [2.75, 3.05) is 11.5 Å². The van der Waals surface area contributed by atoms with E-state index in [1.165, 1.54) is 11.1 Å². The molecule has 1 fully saturated rings. The third-order valence-corrected chi connectivity index (χ3v) is 5.70. The Kier molecular flexibility index (Phi) is 2.92. The number of sulfone groups is 1. The molecule has 3 atom stereocenters. The first-order valence-electron chi connectivity index (χ1n) is 6.36. The molecule has 2 aliphatic rings. The van der Waals surface area contributed by atoms with Gasteiger partial charge >= 0.3 is 0 Å². The van der Waals surface area contributed by atoms with Gasteiger partial charge in [0, 0.05) is 18.1 Å². The Morgan fingerprint density at radius 3 is 2.61 bits per heavy atom. The van der Waals surface area contributed by atoms with Crippen LogP contribution in [-0.4, -0.2) is 26.0 Å². The van der Waals surface area contributed by atoms with Gasteiger partial charge in [0.2, 0.25) is 0 Å². The minimum absolute atomic E-state index is 0.0664. The van der Waals surface area contributed by atoms with Crippen LogP contribution in [0.3, 0.4) is 0 Å². The van der Waals surface area contributed by atoms with E-state index in [-0.39, 0.29) is 23.9 Å². The highest BCUT2D eigenvalue weighted by Gasteiger charge is 2.33. The first-order valence-corrected chi connectivity index (χ1v) is 8.18. The van der Waals surface area contributed by atoms with E-state index in [1.807, 2.05) is 12.1 Å². The van der Waals surface area contributed by atoms with Gasteiger partial charge in [0.1, 0.15) is 0 Å². The summed E-state index contributed by atoms with van der Waals surface area (Å²) in [4.78, 5) is 0. The van der Waals surface area contributed by atoms with Crippen LogP contribution >= 0.6 is 0 Å². The highest BCUT2D eigenvalue weighted by molar-refractivity contribution is 7.91. The SMILES string of the molecule is NC1CC(NC2CCS(=O)(=O)C2)c2ccccc21. The number of hydrogen-bond donors (Lipinski definition) is 2. The van der Waals surface area contributed by atoms with Gasteiger partial charge in [0.15, 0.2) is 9.84 Å². The molecular formula is C13H18N2O2S. The summed E-state index contributed by atoms with van der Waals surface area (Å²) < 4.78 is 22.9. The van der Waals surface area contributed by atoms with Gasteiger partial charge in [-0.15, -0.1) is 0 Å². The summed E-state index contributed by atoms with van der Waals surface area (Å²) in [5.74, 6) is 0.575. The average Bonchev–Trinajstić information content (AvgIpc) is 2.82. The van der Waals surface area contributed by atoms with Crippen LogP contribution in [0.2, 0.25) is 0 Å². The number of nitrogens with one attached hydrogen (secondary N) is 1. The lowest BCUT2D eigenvalue weighted by atomic mass is 10.1. The van der Waals surface area contributed by atoms with Gasteiger partial charge in [-0.3, -0.25) is 0 Å². The lowest BCUT2D eigenvalue weighted by Crippen LogP contribution is -2.33. The summed E-state index contributed by atoms with van der Waals surface area (Å²) in [5.41, 5.74) is 8.53. The van der Waals surface area contributed by atoms with Crippen molar-refractivity contribution in [2.45, 2.75) is 31.0 Å². The fraction of sp³-hybridized carbons (Fsp3) is 0.538. The molecule has 0 saturated carbocycles. The highest BCUT2D eigenvalue weighted by atomic mass is 32.2. The quantitative estimate of drug-likeness (QED) is 0.834. The monoisotopic (exact) mass is 266 g/mol. The number of nitrogens with two attached hydrogens (primary N) is 1. The summed E-state index contributed by atoms with van der Waals surface area (Å²) in [6.07, 6.45) is 1.58. The predicted octanol–water partition coefficient (Wildman–Crippen LogP) is 0.908. The normalized spacial score (nSPS) is 33.5. The lowest BCUT2D eigenvalue weighted by Gasteiger charge is -2.18. The zero-order chi connectivity index (χ0) is 12.8. The van der Waals surface area contributed by atoms with Crippen molar-refractivity contribution in [1.29, 1.82) is 0 Å². The first kappa shape index (κ1) is 12.1. The molecule has 1 aliphatic heterocycles.